The maximum Gasteiger partial charge on any atom is 0.244 e. The molecule has 2 aromatic carbocycles. The molecule has 0 fully saturated rings. The van der Waals surface area contributed by atoms with Crippen LogP contribution in [0.2, 0.25) is 10.0 Å². The Kier molecular flexibility index (Phi) is 10.2. The summed E-state index contributed by atoms with van der Waals surface area (Å²) in [6.07, 6.45) is 1.34. The Labute approximate surface area is 217 Å². The van der Waals surface area contributed by atoms with Gasteiger partial charge in [-0.25, -0.2) is 8.42 Å². The largest absolute Gasteiger partial charge is 0.497 e. The quantitative estimate of drug-likeness (QED) is 0.460. The Bertz CT molecular complexity index is 1140. The van der Waals surface area contributed by atoms with E-state index in [0.29, 0.717) is 33.5 Å². The first-order valence-corrected chi connectivity index (χ1v) is 13.6. The fourth-order valence-electron chi connectivity index (χ4n) is 3.50. The summed E-state index contributed by atoms with van der Waals surface area (Å²) in [5, 5.41) is 3.61. The molecule has 0 heterocycles. The molecule has 1 N–H and O–H groups in total. The molecule has 192 valence electrons. The number of methoxy groups -OCH3 is 1. The van der Waals surface area contributed by atoms with E-state index < -0.39 is 28.5 Å². The van der Waals surface area contributed by atoms with Crippen LogP contribution in [0.5, 0.6) is 5.75 Å². The summed E-state index contributed by atoms with van der Waals surface area (Å²) < 4.78 is 31.4. The smallest absolute Gasteiger partial charge is 0.244 e. The second-order valence-electron chi connectivity index (χ2n) is 8.31. The van der Waals surface area contributed by atoms with Crippen LogP contribution >= 0.6 is 23.2 Å². The van der Waals surface area contributed by atoms with Gasteiger partial charge in [0.2, 0.25) is 21.8 Å². The predicted octanol–water partition coefficient (Wildman–Crippen LogP) is 4.10. The monoisotopic (exact) mass is 543 g/mol. The Morgan fingerprint density at radius 2 is 1.71 bits per heavy atom. The van der Waals surface area contributed by atoms with E-state index in [4.69, 9.17) is 27.9 Å². The highest BCUT2D eigenvalue weighted by atomic mass is 35.5. The first kappa shape index (κ1) is 28.7. The van der Waals surface area contributed by atoms with Crippen LogP contribution < -0.4 is 14.4 Å². The molecule has 0 spiro atoms. The average Bonchev–Trinajstić information content (AvgIpc) is 2.77. The number of carbonyl (C=O) groups is 2. The third kappa shape index (κ3) is 8.02. The van der Waals surface area contributed by atoms with Crippen molar-refractivity contribution < 1.29 is 22.7 Å². The number of amides is 2. The van der Waals surface area contributed by atoms with Gasteiger partial charge < -0.3 is 15.0 Å². The van der Waals surface area contributed by atoms with E-state index in [1.807, 2.05) is 13.8 Å². The maximum atomic E-state index is 13.6. The number of ether oxygens (including phenoxy) is 1. The molecule has 0 aliphatic carbocycles. The number of nitrogens with one attached hydrogen (secondary N) is 1. The molecule has 2 amide bonds. The summed E-state index contributed by atoms with van der Waals surface area (Å²) in [5.74, 6) is -0.344. The van der Waals surface area contributed by atoms with Crippen molar-refractivity contribution in [1.29, 1.82) is 0 Å². The molecule has 0 unspecified atom stereocenters. The zero-order valence-electron chi connectivity index (χ0n) is 20.4. The molecule has 2 rings (SSSR count). The molecule has 1 atom stereocenters. The fourth-order valence-corrected chi connectivity index (χ4v) is 4.81. The summed E-state index contributed by atoms with van der Waals surface area (Å²) in [6, 6.07) is 10.2. The van der Waals surface area contributed by atoms with Crippen LogP contribution in [0.25, 0.3) is 0 Å². The van der Waals surface area contributed by atoms with Crippen LogP contribution in [0, 0.1) is 0 Å². The summed E-state index contributed by atoms with van der Waals surface area (Å²) in [5.41, 5.74) is 0.876. The van der Waals surface area contributed by atoms with Gasteiger partial charge >= 0.3 is 0 Å². The molecule has 0 aliphatic rings. The third-order valence-electron chi connectivity index (χ3n) is 5.21. The van der Waals surface area contributed by atoms with Crippen LogP contribution in [0.1, 0.15) is 32.8 Å². The summed E-state index contributed by atoms with van der Waals surface area (Å²) in [7, 11) is -2.32. The molecule has 8 nitrogen and oxygen atoms in total. The minimum Gasteiger partial charge on any atom is -0.497 e. The van der Waals surface area contributed by atoms with Crippen molar-refractivity contribution in [2.75, 3.05) is 24.2 Å². The predicted molar refractivity (Wildman–Crippen MR) is 140 cm³/mol. The zero-order chi connectivity index (χ0) is 26.3. The molecule has 0 saturated carbocycles. The van der Waals surface area contributed by atoms with Crippen molar-refractivity contribution in [2.24, 2.45) is 0 Å². The maximum absolute atomic E-state index is 13.6. The minimum absolute atomic E-state index is 0.000921. The van der Waals surface area contributed by atoms with Crippen LogP contribution in [-0.4, -0.2) is 57.1 Å². The number of carbonyl (C=O) groups excluding carboxylic acids is 2. The van der Waals surface area contributed by atoms with Gasteiger partial charge in [0.1, 0.15) is 18.3 Å². The lowest BCUT2D eigenvalue weighted by molar-refractivity contribution is -0.140. The van der Waals surface area contributed by atoms with Crippen LogP contribution in [0.3, 0.4) is 0 Å². The number of hydrogen-bond donors (Lipinski definition) is 1. The minimum atomic E-state index is -3.82. The van der Waals surface area contributed by atoms with Gasteiger partial charge in [-0.3, -0.25) is 13.9 Å². The Hall–Kier alpha value is -2.49. The van der Waals surface area contributed by atoms with Crippen molar-refractivity contribution in [3.8, 4) is 5.75 Å². The van der Waals surface area contributed by atoms with E-state index >= 15 is 0 Å². The second kappa shape index (κ2) is 12.5. The van der Waals surface area contributed by atoms with Crippen LogP contribution in [0.4, 0.5) is 5.69 Å². The highest BCUT2D eigenvalue weighted by Crippen LogP contribution is 2.25. The van der Waals surface area contributed by atoms with Gasteiger partial charge in [-0.15, -0.1) is 0 Å². The molecule has 35 heavy (non-hydrogen) atoms. The number of halogens is 2. The molecule has 0 aromatic heterocycles. The van der Waals surface area contributed by atoms with Gasteiger partial charge in [0.25, 0.3) is 0 Å². The first-order valence-electron chi connectivity index (χ1n) is 11.0. The summed E-state index contributed by atoms with van der Waals surface area (Å²) >= 11 is 12.4. The standard InChI is InChI=1S/C24H31Cl2N3O5S/c1-6-22(24(31)27-16(2)3)28(14-17-7-8-18(25)13-21(17)26)23(30)15-29(35(5,32)33)19-9-11-20(34-4)12-10-19/h7-13,16,22H,6,14-15H2,1-5H3,(H,27,31)/t22-/m1/s1. The van der Waals surface area contributed by atoms with Crippen molar-refractivity contribution in [2.45, 2.75) is 45.8 Å². The Morgan fingerprint density at radius 3 is 2.20 bits per heavy atom. The van der Waals surface area contributed by atoms with Crippen molar-refractivity contribution in [3.05, 3.63) is 58.1 Å². The number of sulfonamides is 1. The molecular weight excluding hydrogens is 513 g/mol. The molecule has 0 aliphatic heterocycles. The fraction of sp³-hybridized carbons (Fsp3) is 0.417. The van der Waals surface area contributed by atoms with E-state index in [1.165, 1.54) is 12.0 Å². The first-order chi connectivity index (χ1) is 16.4. The lowest BCUT2D eigenvalue weighted by Crippen LogP contribution is -2.53. The van der Waals surface area contributed by atoms with Crippen molar-refractivity contribution >= 4 is 50.7 Å². The number of anilines is 1. The van der Waals surface area contributed by atoms with E-state index in [-0.39, 0.29) is 18.5 Å². The second-order valence-corrected chi connectivity index (χ2v) is 11.1. The lowest BCUT2D eigenvalue weighted by atomic mass is 10.1. The average molecular weight is 545 g/mol. The van der Waals surface area contributed by atoms with Crippen molar-refractivity contribution in [3.63, 3.8) is 0 Å². The molecule has 11 heteroatoms. The van der Waals surface area contributed by atoms with Gasteiger partial charge in [-0.05, 0) is 62.2 Å². The highest BCUT2D eigenvalue weighted by Gasteiger charge is 2.32. The van der Waals surface area contributed by atoms with Crippen molar-refractivity contribution in [1.82, 2.24) is 10.2 Å². The van der Waals surface area contributed by atoms with E-state index in [0.717, 1.165) is 10.6 Å². The molecule has 0 saturated heterocycles. The van der Waals surface area contributed by atoms with Gasteiger partial charge in [0.05, 0.1) is 19.1 Å². The number of nitrogens with zero attached hydrogens (tertiary/aromatic N) is 2. The van der Waals surface area contributed by atoms with Crippen LogP contribution in [-0.2, 0) is 26.2 Å². The third-order valence-corrected chi connectivity index (χ3v) is 6.94. The summed E-state index contributed by atoms with van der Waals surface area (Å²) in [6.45, 7) is 4.93. The highest BCUT2D eigenvalue weighted by molar-refractivity contribution is 7.92. The number of benzene rings is 2. The number of rotatable bonds is 11. The van der Waals surface area contributed by atoms with Gasteiger partial charge in [0.15, 0.2) is 0 Å². The molecule has 2 aromatic rings. The normalized spacial score (nSPS) is 12.2. The topological polar surface area (TPSA) is 96.0 Å². The SMILES string of the molecule is CC[C@H](C(=O)NC(C)C)N(Cc1ccc(Cl)cc1Cl)C(=O)CN(c1ccc(OC)cc1)S(C)(=O)=O. The lowest BCUT2D eigenvalue weighted by Gasteiger charge is -2.33. The molecule has 0 radical (unpaired) electrons. The Balaban J connectivity index is 2.46. The van der Waals surface area contributed by atoms with E-state index in [9.17, 15) is 18.0 Å². The van der Waals surface area contributed by atoms with E-state index in [1.54, 1.807) is 49.4 Å². The van der Waals surface area contributed by atoms with E-state index in [2.05, 4.69) is 5.32 Å². The molecule has 0 bridgehead atoms. The van der Waals surface area contributed by atoms with Gasteiger partial charge in [0, 0.05) is 22.6 Å². The summed E-state index contributed by atoms with van der Waals surface area (Å²) in [4.78, 5) is 27.9. The number of hydrogen-bond acceptors (Lipinski definition) is 5. The van der Waals surface area contributed by atoms with Gasteiger partial charge in [-0.2, -0.15) is 0 Å². The molecular formula is C24H31Cl2N3O5S. The van der Waals surface area contributed by atoms with Gasteiger partial charge in [-0.1, -0.05) is 36.2 Å². The zero-order valence-corrected chi connectivity index (χ0v) is 22.7. The Morgan fingerprint density at radius 1 is 1.09 bits per heavy atom. The van der Waals surface area contributed by atoms with Crippen LogP contribution in [0.15, 0.2) is 42.5 Å².